The van der Waals surface area contributed by atoms with E-state index < -0.39 is 252 Å². The topological polar surface area (TPSA) is 532 Å². The average molecular weight is 1290 g/mol. The lowest BCUT2D eigenvalue weighted by Crippen LogP contribution is -2.68. The highest BCUT2D eigenvalue weighted by Gasteiger charge is 2.64. The van der Waals surface area contributed by atoms with Crippen molar-refractivity contribution in [1.82, 2.24) is 0 Å². The van der Waals surface area contributed by atoms with Crippen LogP contribution in [0.4, 0.5) is 0 Å². The first-order valence-corrected chi connectivity index (χ1v) is 30.4. The summed E-state index contributed by atoms with van der Waals surface area (Å²) in [5, 5.41) is 214. The van der Waals surface area contributed by atoms with Gasteiger partial charge in [0.25, 0.3) is 0 Å². The Labute approximate surface area is 510 Å². The minimum Gasteiger partial charge on any atom is -0.432 e. The van der Waals surface area contributed by atoms with Gasteiger partial charge in [0.15, 0.2) is 37.6 Å². The Morgan fingerprint density at radius 3 is 1.19 bits per heavy atom. The van der Waals surface area contributed by atoms with Gasteiger partial charge in [-0.3, -0.25) is 4.79 Å². The number of aliphatic hydroxyl groups is 20. The number of rotatable bonds is 20. The molecule has 89 heavy (non-hydrogen) atoms. The van der Waals surface area contributed by atoms with Gasteiger partial charge in [-0.15, -0.1) is 0 Å². The van der Waals surface area contributed by atoms with E-state index in [2.05, 4.69) is 13.5 Å². The van der Waals surface area contributed by atoms with Crippen LogP contribution >= 0.6 is 0 Å². The zero-order chi connectivity index (χ0) is 65.1. The number of carbonyl (C=O) groups excluding carboxylic acids is 1. The van der Waals surface area contributed by atoms with E-state index in [1.54, 1.807) is 6.92 Å². The molecule has 3 saturated carbocycles. The SMILES string of the molecule is C=C1C[C@H]2CC1(OC1OC(CO)C(O)C(OC3OC(CO)C(O)C(O)C3O)C1OC1OC(CO)C(O)C(O)C1O)CC[C@H]2[C@]1(C)CCC[C@@](C)(C(=O)OC2OC(CO)C(O)C(OC3OC(CO)C(O)C(O)C3O)C2OC2OC(CO)C(O)C(O)C2O)C1CC. The maximum Gasteiger partial charge on any atom is 0.314 e. The van der Waals surface area contributed by atoms with Gasteiger partial charge in [0, 0.05) is 0 Å². The Morgan fingerprint density at radius 2 is 0.809 bits per heavy atom. The number of hydrogen-bond donors (Lipinski definition) is 20. The molecule has 32 unspecified atom stereocenters. The van der Waals surface area contributed by atoms with Crippen molar-refractivity contribution in [3.05, 3.63) is 12.2 Å². The second-order valence-electron chi connectivity index (χ2n) is 25.8. The smallest absolute Gasteiger partial charge is 0.314 e. The summed E-state index contributed by atoms with van der Waals surface area (Å²) in [5.74, 6) is -1.78. The number of esters is 1. The molecule has 0 amide bonds. The Hall–Kier alpha value is -2.03. The van der Waals surface area contributed by atoms with Crippen molar-refractivity contribution in [3.63, 3.8) is 0 Å². The molecule has 2 bridgehead atoms. The van der Waals surface area contributed by atoms with E-state index in [-0.39, 0.29) is 31.1 Å². The molecule has 3 aliphatic carbocycles. The van der Waals surface area contributed by atoms with Crippen molar-refractivity contribution < 1.29 is 164 Å². The van der Waals surface area contributed by atoms with E-state index in [9.17, 15) is 102 Å². The molecule has 0 aromatic carbocycles. The molecular weight excluding hydrogens is 1200 g/mol. The lowest BCUT2D eigenvalue weighted by atomic mass is 9.48. The molecular formula is C56H92O33. The van der Waals surface area contributed by atoms with E-state index in [0.717, 1.165) is 0 Å². The lowest BCUT2D eigenvalue weighted by Gasteiger charge is -2.57. The minimum atomic E-state index is -2.08. The zero-order valence-corrected chi connectivity index (χ0v) is 49.4. The van der Waals surface area contributed by atoms with Crippen LogP contribution in [0.1, 0.15) is 72.1 Å². The molecule has 33 nitrogen and oxygen atoms in total. The summed E-state index contributed by atoms with van der Waals surface area (Å²) < 4.78 is 72.6. The van der Waals surface area contributed by atoms with Gasteiger partial charge in [0.1, 0.15) is 140 Å². The summed E-state index contributed by atoms with van der Waals surface area (Å²) in [6.07, 6.45) is -52.7. The molecule has 6 heterocycles. The van der Waals surface area contributed by atoms with Crippen LogP contribution in [0, 0.1) is 28.6 Å². The predicted octanol–water partition coefficient (Wildman–Crippen LogP) is -9.22. The normalized spacial score (nSPS) is 53.2. The number of aliphatic hydroxyl groups excluding tert-OH is 20. The second kappa shape index (κ2) is 28.7. The minimum absolute atomic E-state index is 0.183. The van der Waals surface area contributed by atoms with Crippen molar-refractivity contribution in [2.45, 2.75) is 262 Å². The van der Waals surface area contributed by atoms with Gasteiger partial charge in [0.2, 0.25) is 6.29 Å². The first-order valence-electron chi connectivity index (χ1n) is 30.4. The van der Waals surface area contributed by atoms with Gasteiger partial charge in [0.05, 0.1) is 50.7 Å². The summed E-state index contributed by atoms with van der Waals surface area (Å²) in [7, 11) is 0. The second-order valence-corrected chi connectivity index (χ2v) is 25.8. The van der Waals surface area contributed by atoms with Crippen LogP contribution < -0.4 is 0 Å². The van der Waals surface area contributed by atoms with Crippen molar-refractivity contribution in [2.24, 2.45) is 28.6 Å². The maximum absolute atomic E-state index is 15.4. The van der Waals surface area contributed by atoms with Crippen LogP contribution in [0.15, 0.2) is 12.2 Å². The molecule has 33 heteroatoms. The summed E-state index contributed by atoms with van der Waals surface area (Å²) >= 11 is 0. The third-order valence-corrected chi connectivity index (χ3v) is 20.6. The van der Waals surface area contributed by atoms with Gasteiger partial charge in [-0.25, -0.2) is 0 Å². The van der Waals surface area contributed by atoms with Gasteiger partial charge in [-0.05, 0) is 74.2 Å². The molecule has 0 spiro atoms. The van der Waals surface area contributed by atoms with Gasteiger partial charge < -0.3 is 159 Å². The Kier molecular flexibility index (Phi) is 23.0. The van der Waals surface area contributed by atoms with E-state index in [1.165, 1.54) is 0 Å². The number of hydrogen-bond acceptors (Lipinski definition) is 33. The third-order valence-electron chi connectivity index (χ3n) is 20.6. The van der Waals surface area contributed by atoms with Crippen molar-refractivity contribution >= 4 is 5.97 Å². The fourth-order valence-electron chi connectivity index (χ4n) is 15.6. The molecule has 9 rings (SSSR count). The van der Waals surface area contributed by atoms with Crippen LogP contribution in [0.2, 0.25) is 0 Å². The molecule has 0 radical (unpaired) electrons. The molecule has 9 aliphatic rings. The average Bonchev–Trinajstić information content (AvgIpc) is 1.82. The highest BCUT2D eigenvalue weighted by atomic mass is 16.8. The number of fused-ring (bicyclic) bond motifs is 2. The Bertz CT molecular complexity index is 2320. The van der Waals surface area contributed by atoms with Crippen LogP contribution in [-0.4, -0.2) is 338 Å². The molecule has 0 aromatic rings. The van der Waals surface area contributed by atoms with E-state index in [0.29, 0.717) is 37.7 Å². The first kappa shape index (κ1) is 71.3. The fourth-order valence-corrected chi connectivity index (χ4v) is 15.6. The van der Waals surface area contributed by atoms with Gasteiger partial charge in [-0.2, -0.15) is 0 Å². The van der Waals surface area contributed by atoms with Crippen LogP contribution in [0.25, 0.3) is 0 Å². The van der Waals surface area contributed by atoms with E-state index in [1.807, 2.05) is 6.92 Å². The van der Waals surface area contributed by atoms with Gasteiger partial charge >= 0.3 is 5.97 Å². The fraction of sp³-hybridized carbons (Fsp3) is 0.946. The molecule has 6 saturated heterocycles. The maximum atomic E-state index is 15.4. The number of ether oxygens (including phenoxy) is 12. The molecule has 6 aliphatic heterocycles. The van der Waals surface area contributed by atoms with Crippen molar-refractivity contribution in [1.29, 1.82) is 0 Å². The predicted molar refractivity (Wildman–Crippen MR) is 286 cm³/mol. The Morgan fingerprint density at radius 1 is 0.461 bits per heavy atom. The summed E-state index contributed by atoms with van der Waals surface area (Å²) in [4.78, 5) is 15.4. The lowest BCUT2D eigenvalue weighted by molar-refractivity contribution is -0.399. The highest BCUT2D eigenvalue weighted by Crippen LogP contribution is 2.65. The summed E-state index contributed by atoms with van der Waals surface area (Å²) in [6, 6.07) is 0. The summed E-state index contributed by atoms with van der Waals surface area (Å²) in [6.45, 7) is 4.80. The Balaban J connectivity index is 0.984. The molecule has 20 N–H and O–H groups in total. The standard InChI is InChI=1S/C56H92O33/c1-5-28-54(3,8-6-9-55(28,4)53(77)88-51-45(86-49-41(75)37(71)31(65)24(15-59)80-49)43(33(67)26(17-61)82-51)84-47-39(73)35(69)29(63)22(13-57)78-47)21-7-10-56(12-20(21)11-19(56)2)89-52-46(87-50-42(76)38(72)32(66)25(16-60)81-50)44(34(68)27(18-62)83-52)85-48-40(74)36(70)30(64)23(14-58)79-48/h20-52,57-76H,2,5-18H2,1,3-4H3/t20-,21+,22?,23?,24?,25?,26?,27?,28?,29?,30?,31?,32?,33?,34?,35?,36?,37?,38?,39?,40?,41?,42?,43?,44?,45?,46?,47?,48?,49?,50?,51?,52?,54-,55+,56?/m0/s1. The highest BCUT2D eigenvalue weighted by molar-refractivity contribution is 5.77. The van der Waals surface area contributed by atoms with Gasteiger partial charge in [-0.1, -0.05) is 33.3 Å². The zero-order valence-electron chi connectivity index (χ0n) is 49.4. The quantitative estimate of drug-likeness (QED) is 0.0398. The largest absolute Gasteiger partial charge is 0.432 e. The van der Waals surface area contributed by atoms with Crippen LogP contribution in [0.5, 0.6) is 0 Å². The van der Waals surface area contributed by atoms with E-state index in [4.69, 9.17) is 56.8 Å². The van der Waals surface area contributed by atoms with Crippen LogP contribution in [0.3, 0.4) is 0 Å². The number of carbonyl (C=O) groups is 1. The molecule has 9 fully saturated rings. The third kappa shape index (κ3) is 13.2. The van der Waals surface area contributed by atoms with Crippen molar-refractivity contribution in [2.75, 3.05) is 39.6 Å². The van der Waals surface area contributed by atoms with E-state index >= 15 is 4.79 Å². The molecule has 36 atom stereocenters. The monoisotopic (exact) mass is 1290 g/mol. The summed E-state index contributed by atoms with van der Waals surface area (Å²) in [5.41, 5.74) is -2.76. The first-order chi connectivity index (χ1) is 42.1. The van der Waals surface area contributed by atoms with Crippen LogP contribution in [-0.2, 0) is 61.6 Å². The molecule has 0 aromatic heterocycles. The molecule has 514 valence electrons. The van der Waals surface area contributed by atoms with Crippen molar-refractivity contribution in [3.8, 4) is 0 Å².